The molecule has 136 valence electrons. The Morgan fingerprint density at radius 1 is 1.38 bits per heavy atom. The van der Waals surface area contributed by atoms with Gasteiger partial charge in [-0.15, -0.1) is 11.3 Å². The summed E-state index contributed by atoms with van der Waals surface area (Å²) < 4.78 is 5.17. The van der Waals surface area contributed by atoms with Crippen LogP contribution in [0.2, 0.25) is 0 Å². The molecule has 0 saturated heterocycles. The molecule has 0 amide bonds. The number of hydrogen-bond donors (Lipinski definition) is 0. The Balaban J connectivity index is 1.98. The first-order valence-electron chi connectivity index (χ1n) is 8.32. The molecule has 8 heteroatoms. The zero-order valence-electron chi connectivity index (χ0n) is 14.2. The molecule has 1 aromatic carbocycles. The van der Waals surface area contributed by atoms with Crippen LogP contribution in [0.5, 0.6) is 5.75 Å². The lowest BCUT2D eigenvalue weighted by Crippen LogP contribution is -2.09. The normalized spacial score (nSPS) is 13.6. The van der Waals surface area contributed by atoms with Crippen molar-refractivity contribution in [1.82, 2.24) is 0 Å². The van der Waals surface area contributed by atoms with Crippen LogP contribution in [-0.4, -0.2) is 23.7 Å². The summed E-state index contributed by atoms with van der Waals surface area (Å²) in [6, 6.07) is 3.80. The summed E-state index contributed by atoms with van der Waals surface area (Å²) in [5.41, 5.74) is 1.44. The quantitative estimate of drug-likeness (QED) is 0.345. The molecule has 1 heterocycles. The molecule has 0 unspecified atom stereocenters. The van der Waals surface area contributed by atoms with Crippen LogP contribution in [0.25, 0.3) is 0 Å². The first kappa shape index (κ1) is 18.1. The summed E-state index contributed by atoms with van der Waals surface area (Å²) in [4.78, 5) is 28.1. The number of aryl methyl sites for hydroxylation is 1. The summed E-state index contributed by atoms with van der Waals surface area (Å²) in [6.07, 6.45) is 5.28. The Labute approximate surface area is 154 Å². The van der Waals surface area contributed by atoms with Crippen LogP contribution in [0.3, 0.4) is 0 Å². The molecule has 3 rings (SSSR count). The molecule has 0 bridgehead atoms. The fourth-order valence-electron chi connectivity index (χ4n) is 2.95. The summed E-state index contributed by atoms with van der Waals surface area (Å²) in [5.74, 6) is -1.04. The van der Waals surface area contributed by atoms with Gasteiger partial charge in [-0.3, -0.25) is 10.1 Å². The zero-order valence-corrected chi connectivity index (χ0v) is 15.0. The highest BCUT2D eigenvalue weighted by atomic mass is 32.1. The lowest BCUT2D eigenvalue weighted by molar-refractivity contribution is -0.398. The smallest absolute Gasteiger partial charge is 0.341 e. The van der Waals surface area contributed by atoms with Crippen molar-refractivity contribution in [3.8, 4) is 5.75 Å². The van der Waals surface area contributed by atoms with Crippen molar-refractivity contribution in [2.24, 2.45) is 4.99 Å². The number of esters is 1. The van der Waals surface area contributed by atoms with Gasteiger partial charge >= 0.3 is 5.97 Å². The van der Waals surface area contributed by atoms with Crippen molar-refractivity contribution in [3.63, 3.8) is 0 Å². The minimum Gasteiger partial charge on any atom is -0.868 e. The number of ether oxygens (including phenoxy) is 1. The molecule has 1 aliphatic carbocycles. The van der Waals surface area contributed by atoms with Crippen LogP contribution in [0.1, 0.15) is 46.1 Å². The molecule has 0 aliphatic heterocycles. The van der Waals surface area contributed by atoms with Crippen molar-refractivity contribution in [2.75, 3.05) is 6.61 Å². The van der Waals surface area contributed by atoms with Crippen molar-refractivity contribution >= 4 is 34.2 Å². The third kappa shape index (κ3) is 3.60. The molecule has 0 spiro atoms. The van der Waals surface area contributed by atoms with Gasteiger partial charge in [0.15, 0.2) is 0 Å². The van der Waals surface area contributed by atoms with E-state index in [9.17, 15) is 20.0 Å². The molecule has 0 atom stereocenters. The molecule has 1 aromatic heterocycles. The summed E-state index contributed by atoms with van der Waals surface area (Å²) in [6.45, 7) is 2.03. The lowest BCUT2D eigenvalue weighted by atomic mass is 9.95. The molecule has 0 radical (unpaired) electrons. The van der Waals surface area contributed by atoms with Crippen LogP contribution >= 0.6 is 11.3 Å². The molecular formula is C18H17N2O5S-. The lowest BCUT2D eigenvalue weighted by Gasteiger charge is -2.11. The molecular weight excluding hydrogens is 356 g/mol. The number of carbonyl (C=O) groups is 1. The molecule has 0 fully saturated rings. The van der Waals surface area contributed by atoms with E-state index >= 15 is 0 Å². The predicted molar refractivity (Wildman–Crippen MR) is 96.7 cm³/mol. The van der Waals surface area contributed by atoms with Gasteiger partial charge in [-0.2, -0.15) is 0 Å². The molecule has 0 saturated carbocycles. The number of rotatable bonds is 5. The highest BCUT2D eigenvalue weighted by molar-refractivity contribution is 7.16. The standard InChI is InChI=1S/C18H18N2O5S/c1-2-25-18(22)16-12-5-3-4-6-15(12)26-17(16)19-10-11-7-8-14(21)13(9-11)20(23)24/h7-10,21H,2-6H2,1H3/p-1. The Kier molecular flexibility index (Phi) is 5.32. The Bertz CT molecular complexity index is 888. The van der Waals surface area contributed by atoms with Crippen LogP contribution < -0.4 is 5.11 Å². The van der Waals surface area contributed by atoms with Gasteiger partial charge in [0.25, 0.3) is 5.69 Å². The number of hydrogen-bond acceptors (Lipinski definition) is 7. The first-order chi connectivity index (χ1) is 12.5. The fourth-order valence-corrected chi connectivity index (χ4v) is 4.17. The molecule has 26 heavy (non-hydrogen) atoms. The van der Waals surface area contributed by atoms with Gasteiger partial charge in [-0.05, 0) is 49.5 Å². The topological polar surface area (TPSA) is 105 Å². The molecule has 7 nitrogen and oxygen atoms in total. The van der Waals surface area contributed by atoms with Gasteiger partial charge in [0.1, 0.15) is 5.00 Å². The second-order valence-corrected chi connectivity index (χ2v) is 6.94. The van der Waals surface area contributed by atoms with Crippen molar-refractivity contribution in [1.29, 1.82) is 0 Å². The van der Waals surface area contributed by atoms with Gasteiger partial charge in [0.2, 0.25) is 0 Å². The molecule has 2 aromatic rings. The van der Waals surface area contributed by atoms with E-state index in [0.29, 0.717) is 16.1 Å². The number of nitrogens with zero attached hydrogens (tertiary/aromatic N) is 2. The number of nitro groups is 1. The van der Waals surface area contributed by atoms with E-state index in [1.807, 2.05) is 0 Å². The minimum absolute atomic E-state index is 0.282. The Morgan fingerprint density at radius 3 is 2.88 bits per heavy atom. The fraction of sp³-hybridized carbons (Fsp3) is 0.333. The molecule has 0 N–H and O–H groups in total. The maximum Gasteiger partial charge on any atom is 0.341 e. The third-order valence-electron chi connectivity index (χ3n) is 4.14. The number of benzene rings is 1. The van der Waals surface area contributed by atoms with E-state index in [0.717, 1.165) is 42.2 Å². The van der Waals surface area contributed by atoms with Gasteiger partial charge in [0.05, 0.1) is 17.1 Å². The van der Waals surface area contributed by atoms with Gasteiger partial charge in [0, 0.05) is 17.2 Å². The van der Waals surface area contributed by atoms with Crippen LogP contribution in [0.4, 0.5) is 10.7 Å². The van der Waals surface area contributed by atoms with Gasteiger partial charge in [-0.25, -0.2) is 9.79 Å². The average molecular weight is 373 g/mol. The summed E-state index contributed by atoms with van der Waals surface area (Å²) >= 11 is 1.45. The summed E-state index contributed by atoms with van der Waals surface area (Å²) in [7, 11) is 0. The Hall–Kier alpha value is -2.74. The Morgan fingerprint density at radius 2 is 2.15 bits per heavy atom. The number of carbonyl (C=O) groups excluding carboxylic acids is 1. The maximum absolute atomic E-state index is 12.4. The molecule has 1 aliphatic rings. The first-order valence-corrected chi connectivity index (χ1v) is 9.14. The average Bonchev–Trinajstić information content (AvgIpc) is 2.99. The van der Waals surface area contributed by atoms with Gasteiger partial charge in [-0.1, -0.05) is 12.1 Å². The largest absolute Gasteiger partial charge is 0.868 e. The monoisotopic (exact) mass is 373 g/mol. The van der Waals surface area contributed by atoms with E-state index < -0.39 is 16.4 Å². The number of aliphatic imine (C=N–C) groups is 1. The number of thiophene rings is 1. The van der Waals surface area contributed by atoms with Crippen molar-refractivity contribution < 1.29 is 19.6 Å². The van der Waals surface area contributed by atoms with E-state index in [2.05, 4.69) is 4.99 Å². The van der Waals surface area contributed by atoms with Gasteiger partial charge < -0.3 is 9.84 Å². The number of fused-ring (bicyclic) bond motifs is 1. The second-order valence-electron chi connectivity index (χ2n) is 5.85. The third-order valence-corrected chi connectivity index (χ3v) is 5.34. The van der Waals surface area contributed by atoms with Crippen LogP contribution in [-0.2, 0) is 17.6 Å². The number of nitro benzene ring substituents is 1. The summed E-state index contributed by atoms with van der Waals surface area (Å²) in [5, 5.41) is 22.9. The van der Waals surface area contributed by atoms with Crippen molar-refractivity contribution in [2.45, 2.75) is 32.6 Å². The minimum atomic E-state index is -0.715. The highest BCUT2D eigenvalue weighted by Crippen LogP contribution is 2.40. The second kappa shape index (κ2) is 7.65. The predicted octanol–water partition coefficient (Wildman–Crippen LogP) is 3.54. The SMILES string of the molecule is CCOC(=O)c1c(N=Cc2ccc([O-])c([N+](=O)[O-])c2)sc2c1CCCC2. The van der Waals surface area contributed by atoms with E-state index in [-0.39, 0.29) is 12.6 Å². The van der Waals surface area contributed by atoms with Crippen LogP contribution in [0, 0.1) is 10.1 Å². The zero-order chi connectivity index (χ0) is 18.7. The van der Waals surface area contributed by atoms with E-state index in [4.69, 9.17) is 4.74 Å². The highest BCUT2D eigenvalue weighted by Gasteiger charge is 2.26. The van der Waals surface area contributed by atoms with Crippen molar-refractivity contribution in [3.05, 3.63) is 49.9 Å². The maximum atomic E-state index is 12.4. The van der Waals surface area contributed by atoms with E-state index in [1.165, 1.54) is 29.7 Å². The van der Waals surface area contributed by atoms with E-state index in [1.54, 1.807) is 6.92 Å². The van der Waals surface area contributed by atoms with Crippen LogP contribution in [0.15, 0.2) is 23.2 Å².